The van der Waals surface area contributed by atoms with Crippen LogP contribution >= 0.6 is 0 Å². The molecule has 0 amide bonds. The zero-order valence-electron chi connectivity index (χ0n) is 18.1. The molecule has 2 nitrogen and oxygen atoms in total. The van der Waals surface area contributed by atoms with Crippen molar-refractivity contribution in [1.29, 1.82) is 0 Å². The average Bonchev–Trinajstić information content (AvgIpc) is 2.90. The van der Waals surface area contributed by atoms with Gasteiger partial charge in [0, 0.05) is 0 Å². The predicted octanol–water partition coefficient (Wildman–Crippen LogP) is 6.55. The van der Waals surface area contributed by atoms with Gasteiger partial charge in [0.25, 0.3) is 0 Å². The Bertz CT molecular complexity index is 664. The van der Waals surface area contributed by atoms with Gasteiger partial charge in [-0.15, -0.1) is 0 Å². The van der Waals surface area contributed by atoms with E-state index in [2.05, 4.69) is 65.9 Å². The van der Waals surface area contributed by atoms with Crippen molar-refractivity contribution in [2.24, 2.45) is 11.3 Å². The molecule has 1 aromatic rings. The number of aryl methyl sites for hydroxylation is 1. The average molecular weight is 375 g/mol. The van der Waals surface area contributed by atoms with Crippen LogP contribution in [0.5, 0.6) is 5.75 Å². The van der Waals surface area contributed by atoms with E-state index in [-0.39, 0.29) is 10.5 Å². The molecule has 1 saturated carbocycles. The van der Waals surface area contributed by atoms with Crippen molar-refractivity contribution in [3.63, 3.8) is 0 Å². The lowest BCUT2D eigenvalue weighted by molar-refractivity contribution is 0.0520. The van der Waals surface area contributed by atoms with Gasteiger partial charge in [-0.25, -0.2) is 0 Å². The summed E-state index contributed by atoms with van der Waals surface area (Å²) in [5, 5.41) is 0.279. The number of benzene rings is 1. The molecule has 3 atom stereocenters. The van der Waals surface area contributed by atoms with Gasteiger partial charge in [0.15, 0.2) is 8.32 Å². The maximum atomic E-state index is 7.07. The van der Waals surface area contributed by atoms with E-state index >= 15 is 0 Å². The van der Waals surface area contributed by atoms with E-state index in [1.165, 1.54) is 24.8 Å². The molecule has 0 spiro atoms. The molecule has 0 radical (unpaired) electrons. The quantitative estimate of drug-likeness (QED) is 0.544. The Hall–Kier alpha value is -0.803. The van der Waals surface area contributed by atoms with Crippen molar-refractivity contribution in [3.05, 3.63) is 29.3 Å². The Balaban J connectivity index is 1.86. The summed E-state index contributed by atoms with van der Waals surface area (Å²) in [6.07, 6.45) is 5.25. The van der Waals surface area contributed by atoms with Crippen LogP contribution in [-0.2, 0) is 10.8 Å². The first-order valence-electron chi connectivity index (χ1n) is 10.4. The van der Waals surface area contributed by atoms with Crippen molar-refractivity contribution in [2.45, 2.75) is 90.5 Å². The molecule has 0 aliphatic heterocycles. The van der Waals surface area contributed by atoms with E-state index in [9.17, 15) is 0 Å². The highest BCUT2D eigenvalue weighted by Gasteiger charge is 2.54. The summed E-state index contributed by atoms with van der Waals surface area (Å²) in [6, 6.07) is 6.71. The molecule has 3 rings (SSSR count). The first-order valence-corrected chi connectivity index (χ1v) is 13.3. The normalized spacial score (nSPS) is 28.8. The second-order valence-corrected chi connectivity index (χ2v) is 14.7. The van der Waals surface area contributed by atoms with Crippen molar-refractivity contribution >= 4 is 8.32 Å². The number of rotatable bonds is 5. The van der Waals surface area contributed by atoms with Crippen LogP contribution in [-0.4, -0.2) is 21.5 Å². The van der Waals surface area contributed by atoms with Gasteiger partial charge in [0.1, 0.15) is 5.75 Å². The number of fused-ring (bicyclic) bond motifs is 3. The van der Waals surface area contributed by atoms with Gasteiger partial charge < -0.3 is 9.16 Å². The van der Waals surface area contributed by atoms with Crippen LogP contribution in [0.15, 0.2) is 18.2 Å². The Kier molecular flexibility index (Phi) is 5.11. The minimum Gasteiger partial charge on any atom is -0.497 e. The molecule has 0 heterocycles. The topological polar surface area (TPSA) is 18.5 Å². The van der Waals surface area contributed by atoms with Crippen LogP contribution < -0.4 is 4.74 Å². The second-order valence-electron chi connectivity index (χ2n) is 10.2. The molecule has 3 heteroatoms. The molecular formula is C23H38O2Si. The summed E-state index contributed by atoms with van der Waals surface area (Å²) in [7, 11) is -0.0475. The first kappa shape index (κ1) is 19.9. The van der Waals surface area contributed by atoms with Gasteiger partial charge in [-0.2, -0.15) is 0 Å². The molecule has 1 fully saturated rings. The highest BCUT2D eigenvalue weighted by Crippen LogP contribution is 2.58. The molecule has 0 bridgehead atoms. The summed E-state index contributed by atoms with van der Waals surface area (Å²) in [5.41, 5.74) is 3.32. The summed E-state index contributed by atoms with van der Waals surface area (Å²) in [5.74, 6) is 2.27. The predicted molar refractivity (Wildman–Crippen MR) is 113 cm³/mol. The van der Waals surface area contributed by atoms with Crippen molar-refractivity contribution in [2.75, 3.05) is 7.11 Å². The smallest absolute Gasteiger partial charge is 0.192 e. The van der Waals surface area contributed by atoms with Crippen LogP contribution in [0.4, 0.5) is 0 Å². The molecule has 146 valence electrons. The molecule has 26 heavy (non-hydrogen) atoms. The lowest BCUT2D eigenvalue weighted by Crippen LogP contribution is -2.50. The summed E-state index contributed by atoms with van der Waals surface area (Å²) < 4.78 is 12.5. The van der Waals surface area contributed by atoms with Gasteiger partial charge in [-0.05, 0) is 84.3 Å². The third-order valence-electron chi connectivity index (χ3n) is 8.34. The van der Waals surface area contributed by atoms with E-state index in [0.717, 1.165) is 12.2 Å². The molecule has 0 N–H and O–H groups in total. The molecular weight excluding hydrogens is 336 g/mol. The third-order valence-corrected chi connectivity index (χ3v) is 12.9. The van der Waals surface area contributed by atoms with Crippen LogP contribution in [0, 0.1) is 11.3 Å². The number of methoxy groups -OCH3 is 1. The summed E-state index contributed by atoms with van der Waals surface area (Å²) in [4.78, 5) is 0. The lowest BCUT2D eigenvalue weighted by Gasteiger charge is -2.48. The number of ether oxygens (including phenoxy) is 1. The number of hydrogen-bond acceptors (Lipinski definition) is 2. The van der Waals surface area contributed by atoms with Gasteiger partial charge >= 0.3 is 0 Å². The molecule has 2 aliphatic rings. The monoisotopic (exact) mass is 374 g/mol. The van der Waals surface area contributed by atoms with Gasteiger partial charge in [0.2, 0.25) is 0 Å². The standard InChI is InChI=1S/C23H38O2Si/c1-16(2)22(3,4)26(7,8)25-21-12-11-20-19-10-9-18(24-6)15-17(19)13-14-23(20,21)5/h9-10,15-16,20-21H,11-14H2,1-8H3/t20-,21-,23+/m0/s1. The van der Waals surface area contributed by atoms with Crippen molar-refractivity contribution in [1.82, 2.24) is 0 Å². The van der Waals surface area contributed by atoms with Crippen molar-refractivity contribution < 1.29 is 9.16 Å². The van der Waals surface area contributed by atoms with Crippen LogP contribution in [0.25, 0.3) is 0 Å². The fourth-order valence-corrected chi connectivity index (χ4v) is 7.91. The first-order chi connectivity index (χ1) is 12.0. The zero-order valence-corrected chi connectivity index (χ0v) is 19.1. The SMILES string of the molecule is COc1ccc2c(c1)CC[C@@]1(C)[C@@H](O[Si](C)(C)C(C)(C)C(C)C)CC[C@@H]21. The highest BCUT2D eigenvalue weighted by molar-refractivity contribution is 6.74. The van der Waals surface area contributed by atoms with Gasteiger partial charge in [-0.1, -0.05) is 40.7 Å². The summed E-state index contributed by atoms with van der Waals surface area (Å²) >= 11 is 0. The van der Waals surface area contributed by atoms with E-state index in [4.69, 9.17) is 9.16 Å². The van der Waals surface area contributed by atoms with Crippen molar-refractivity contribution in [3.8, 4) is 5.75 Å². The van der Waals surface area contributed by atoms with Crippen LogP contribution in [0.3, 0.4) is 0 Å². The Labute approximate surface area is 161 Å². The minimum absolute atomic E-state index is 0.277. The molecule has 0 unspecified atom stereocenters. The Morgan fingerprint density at radius 3 is 2.50 bits per heavy atom. The fraction of sp³-hybridized carbons (Fsp3) is 0.739. The van der Waals surface area contributed by atoms with Gasteiger partial charge in [0.05, 0.1) is 13.2 Å². The minimum atomic E-state index is -1.81. The molecule has 1 aromatic carbocycles. The number of hydrogen-bond donors (Lipinski definition) is 0. The van der Waals surface area contributed by atoms with E-state index < -0.39 is 8.32 Å². The zero-order chi connectivity index (χ0) is 19.3. The van der Waals surface area contributed by atoms with Crippen LogP contribution in [0.2, 0.25) is 18.1 Å². The van der Waals surface area contributed by atoms with E-state index in [0.29, 0.717) is 17.9 Å². The van der Waals surface area contributed by atoms with Crippen LogP contribution in [0.1, 0.15) is 70.9 Å². The largest absolute Gasteiger partial charge is 0.497 e. The second kappa shape index (κ2) is 6.67. The maximum absolute atomic E-state index is 7.07. The highest BCUT2D eigenvalue weighted by atomic mass is 28.4. The lowest BCUT2D eigenvalue weighted by atomic mass is 9.66. The molecule has 2 aliphatic carbocycles. The Morgan fingerprint density at radius 1 is 1.19 bits per heavy atom. The molecule has 0 aromatic heterocycles. The summed E-state index contributed by atoms with van der Waals surface area (Å²) in [6.45, 7) is 16.9. The fourth-order valence-electron chi connectivity index (χ4n) is 5.11. The van der Waals surface area contributed by atoms with Gasteiger partial charge in [-0.3, -0.25) is 0 Å². The maximum Gasteiger partial charge on any atom is 0.192 e. The van der Waals surface area contributed by atoms with E-state index in [1.807, 2.05) is 0 Å². The van der Waals surface area contributed by atoms with E-state index in [1.54, 1.807) is 12.7 Å². The molecule has 0 saturated heterocycles. The Morgan fingerprint density at radius 2 is 1.88 bits per heavy atom. The third kappa shape index (κ3) is 3.05.